The molecule has 0 unspecified atom stereocenters. The van der Waals surface area contributed by atoms with Gasteiger partial charge >= 0.3 is 0 Å². The molecule has 9 heteroatoms. The monoisotopic (exact) mass is 359 g/mol. The Labute approximate surface area is 150 Å². The summed E-state index contributed by atoms with van der Waals surface area (Å²) in [5.41, 5.74) is 0.293. The topological polar surface area (TPSA) is 103 Å². The number of aryl methyl sites for hydroxylation is 2. The van der Waals surface area contributed by atoms with Gasteiger partial charge in [-0.1, -0.05) is 5.16 Å². The summed E-state index contributed by atoms with van der Waals surface area (Å²) < 4.78 is 16.5. The molecule has 4 rings (SSSR count). The fourth-order valence-corrected chi connectivity index (χ4v) is 3.30. The molecule has 0 saturated carbocycles. The van der Waals surface area contributed by atoms with Crippen LogP contribution in [0, 0.1) is 13.8 Å². The van der Waals surface area contributed by atoms with Crippen molar-refractivity contribution >= 4 is 17.5 Å². The van der Waals surface area contributed by atoms with Crippen molar-refractivity contribution < 1.29 is 18.8 Å². The molecular weight excluding hydrogens is 338 g/mol. The van der Waals surface area contributed by atoms with Gasteiger partial charge in [-0.15, -0.1) is 0 Å². The first-order valence-corrected chi connectivity index (χ1v) is 8.66. The summed E-state index contributed by atoms with van der Waals surface area (Å²) in [7, 11) is 0. The molecule has 1 N–H and O–H groups in total. The molecule has 1 spiro atoms. The highest BCUT2D eigenvalue weighted by atomic mass is 16.7. The minimum atomic E-state index is -0.441. The van der Waals surface area contributed by atoms with E-state index in [-0.39, 0.29) is 5.91 Å². The average Bonchev–Trinajstić information content (AvgIpc) is 3.24. The molecule has 2 aliphatic rings. The summed E-state index contributed by atoms with van der Waals surface area (Å²) in [5, 5.41) is 6.45. The summed E-state index contributed by atoms with van der Waals surface area (Å²) in [4.78, 5) is 23.3. The summed E-state index contributed by atoms with van der Waals surface area (Å²) in [6.07, 6.45) is 1.55. The van der Waals surface area contributed by atoms with Crippen LogP contribution in [0.15, 0.2) is 16.7 Å². The van der Waals surface area contributed by atoms with Gasteiger partial charge in [0.15, 0.2) is 11.6 Å². The molecule has 138 valence electrons. The van der Waals surface area contributed by atoms with Crippen molar-refractivity contribution in [3.05, 3.63) is 29.4 Å². The molecule has 2 aromatic heterocycles. The van der Waals surface area contributed by atoms with Crippen LogP contribution >= 0.6 is 0 Å². The number of carbonyl (C=O) groups excluding carboxylic acids is 1. The third kappa shape index (κ3) is 3.40. The van der Waals surface area contributed by atoms with Crippen molar-refractivity contribution in [2.45, 2.75) is 32.5 Å². The van der Waals surface area contributed by atoms with Crippen LogP contribution in [0.5, 0.6) is 0 Å². The van der Waals surface area contributed by atoms with E-state index in [0.29, 0.717) is 36.3 Å². The zero-order chi connectivity index (χ0) is 18.1. The lowest BCUT2D eigenvalue weighted by molar-refractivity contribution is -0.169. The summed E-state index contributed by atoms with van der Waals surface area (Å²) >= 11 is 0. The van der Waals surface area contributed by atoms with Gasteiger partial charge < -0.3 is 24.2 Å². The molecule has 2 aromatic rings. The molecule has 4 heterocycles. The van der Waals surface area contributed by atoms with Crippen LogP contribution in [0.25, 0.3) is 0 Å². The maximum absolute atomic E-state index is 12.5. The Kier molecular flexibility index (Phi) is 4.33. The molecule has 9 nitrogen and oxygen atoms in total. The van der Waals surface area contributed by atoms with Crippen molar-refractivity contribution in [3.63, 3.8) is 0 Å². The maximum atomic E-state index is 12.5. The highest BCUT2D eigenvalue weighted by Crippen LogP contribution is 2.32. The smallest absolute Gasteiger partial charge is 0.275 e. The second-order valence-electron chi connectivity index (χ2n) is 6.53. The fourth-order valence-electron chi connectivity index (χ4n) is 3.30. The Morgan fingerprint density at radius 1 is 1.15 bits per heavy atom. The number of hydrogen-bond donors (Lipinski definition) is 1. The Hall–Kier alpha value is -2.52. The minimum Gasteiger partial charge on any atom is -0.360 e. The highest BCUT2D eigenvalue weighted by molar-refractivity contribution is 6.02. The first kappa shape index (κ1) is 16.9. The number of piperidine rings is 1. The van der Waals surface area contributed by atoms with E-state index in [9.17, 15) is 4.79 Å². The molecule has 26 heavy (non-hydrogen) atoms. The van der Waals surface area contributed by atoms with Crippen molar-refractivity contribution in [2.24, 2.45) is 0 Å². The molecule has 0 radical (unpaired) electrons. The van der Waals surface area contributed by atoms with Gasteiger partial charge in [0.25, 0.3) is 5.91 Å². The summed E-state index contributed by atoms with van der Waals surface area (Å²) in [5.74, 6) is 1.47. The zero-order valence-electron chi connectivity index (χ0n) is 14.8. The number of rotatable bonds is 3. The lowest BCUT2D eigenvalue weighted by Gasteiger charge is -2.38. The molecule has 2 aliphatic heterocycles. The van der Waals surface area contributed by atoms with E-state index < -0.39 is 5.79 Å². The predicted molar refractivity (Wildman–Crippen MR) is 92.0 cm³/mol. The number of amides is 1. The van der Waals surface area contributed by atoms with E-state index in [2.05, 4.69) is 25.3 Å². The minimum absolute atomic E-state index is 0.293. The van der Waals surface area contributed by atoms with Crippen LogP contribution in [0.4, 0.5) is 11.6 Å². The van der Waals surface area contributed by atoms with Crippen LogP contribution in [0.1, 0.15) is 34.9 Å². The van der Waals surface area contributed by atoms with Gasteiger partial charge in [0.2, 0.25) is 0 Å². The maximum Gasteiger partial charge on any atom is 0.275 e. The number of anilines is 2. The molecular formula is C17H21N5O4. The number of nitrogens with zero attached hydrogens (tertiary/aromatic N) is 4. The Bertz CT molecular complexity index is 805. The van der Waals surface area contributed by atoms with Crippen LogP contribution in [-0.2, 0) is 9.47 Å². The average molecular weight is 359 g/mol. The number of hydrogen-bond acceptors (Lipinski definition) is 8. The molecule has 2 saturated heterocycles. The van der Waals surface area contributed by atoms with E-state index in [4.69, 9.17) is 14.0 Å². The van der Waals surface area contributed by atoms with Gasteiger partial charge in [0, 0.05) is 38.1 Å². The van der Waals surface area contributed by atoms with E-state index >= 15 is 0 Å². The van der Waals surface area contributed by atoms with Gasteiger partial charge in [0.05, 0.1) is 13.2 Å². The van der Waals surface area contributed by atoms with Crippen LogP contribution in [0.2, 0.25) is 0 Å². The SMILES string of the molecule is Cc1nc(C(=O)Nc2cc(C)on2)cc(N2CCC3(CC2)OCCO3)n1. The van der Waals surface area contributed by atoms with E-state index in [1.54, 1.807) is 26.0 Å². The molecule has 2 fully saturated rings. The number of aromatic nitrogens is 3. The molecule has 1 amide bonds. The van der Waals surface area contributed by atoms with E-state index in [1.807, 2.05) is 0 Å². The largest absolute Gasteiger partial charge is 0.360 e. The summed E-state index contributed by atoms with van der Waals surface area (Å²) in [6, 6.07) is 3.35. The van der Waals surface area contributed by atoms with Crippen molar-refractivity contribution in [3.8, 4) is 0 Å². The van der Waals surface area contributed by atoms with Gasteiger partial charge in [-0.3, -0.25) is 4.79 Å². The number of ether oxygens (including phenoxy) is 2. The lowest BCUT2D eigenvalue weighted by atomic mass is 10.0. The summed E-state index contributed by atoms with van der Waals surface area (Å²) in [6.45, 7) is 6.34. The second-order valence-corrected chi connectivity index (χ2v) is 6.53. The van der Waals surface area contributed by atoms with Crippen LogP contribution < -0.4 is 10.2 Å². The van der Waals surface area contributed by atoms with E-state index in [0.717, 1.165) is 31.7 Å². The molecule has 0 atom stereocenters. The van der Waals surface area contributed by atoms with Gasteiger partial charge in [-0.25, -0.2) is 9.97 Å². The van der Waals surface area contributed by atoms with Gasteiger partial charge in [-0.05, 0) is 13.8 Å². The quantitative estimate of drug-likeness (QED) is 0.883. The lowest BCUT2D eigenvalue weighted by Crippen LogP contribution is -2.45. The highest BCUT2D eigenvalue weighted by Gasteiger charge is 2.40. The van der Waals surface area contributed by atoms with Gasteiger partial charge in [0.1, 0.15) is 23.1 Å². The third-order valence-corrected chi connectivity index (χ3v) is 4.59. The van der Waals surface area contributed by atoms with Crippen molar-refractivity contribution in [1.82, 2.24) is 15.1 Å². The number of nitrogens with one attached hydrogen (secondary N) is 1. The Balaban J connectivity index is 1.48. The molecule has 0 aromatic carbocycles. The fraction of sp³-hybridized carbons (Fsp3) is 0.529. The van der Waals surface area contributed by atoms with E-state index in [1.165, 1.54) is 0 Å². The van der Waals surface area contributed by atoms with Gasteiger partial charge in [-0.2, -0.15) is 0 Å². The first-order chi connectivity index (χ1) is 12.5. The Morgan fingerprint density at radius 3 is 2.54 bits per heavy atom. The zero-order valence-corrected chi connectivity index (χ0v) is 14.8. The van der Waals surface area contributed by atoms with Crippen LogP contribution in [0.3, 0.4) is 0 Å². The standard InChI is InChI=1S/C17H21N5O4/c1-11-9-14(21-26-11)20-16(23)13-10-15(19-12(2)18-13)22-5-3-17(4-6-22)24-7-8-25-17/h9-10H,3-8H2,1-2H3,(H,20,21,23). The Morgan fingerprint density at radius 2 is 1.88 bits per heavy atom. The normalized spacial score (nSPS) is 19.1. The molecule has 0 aliphatic carbocycles. The first-order valence-electron chi connectivity index (χ1n) is 8.66. The predicted octanol–water partition coefficient (Wildman–Crippen LogP) is 1.68. The third-order valence-electron chi connectivity index (χ3n) is 4.59. The second kappa shape index (κ2) is 6.65. The van der Waals surface area contributed by atoms with Crippen molar-refractivity contribution in [1.29, 1.82) is 0 Å². The van der Waals surface area contributed by atoms with Crippen LogP contribution in [-0.4, -0.2) is 53.1 Å². The van der Waals surface area contributed by atoms with Crippen molar-refractivity contribution in [2.75, 3.05) is 36.5 Å². The molecule has 0 bridgehead atoms. The number of carbonyl (C=O) groups is 1.